The summed E-state index contributed by atoms with van der Waals surface area (Å²) in [5.74, 6) is -3.12. The van der Waals surface area contributed by atoms with Crippen LogP contribution >= 0.6 is 0 Å². The van der Waals surface area contributed by atoms with Crippen molar-refractivity contribution < 1.29 is 33.9 Å². The average molecular weight is 599 g/mol. The molecule has 6 rings (SSSR count). The van der Waals surface area contributed by atoms with E-state index in [1.54, 1.807) is 12.1 Å². The van der Waals surface area contributed by atoms with Gasteiger partial charge in [0.05, 0.1) is 25.3 Å². The summed E-state index contributed by atoms with van der Waals surface area (Å²) >= 11 is 0. The predicted octanol–water partition coefficient (Wildman–Crippen LogP) is -2.11. The first-order valence-corrected chi connectivity index (χ1v) is 14.7. The lowest BCUT2D eigenvalue weighted by atomic mass is 9.79. The van der Waals surface area contributed by atoms with Gasteiger partial charge in [-0.1, -0.05) is 39.3 Å². The van der Waals surface area contributed by atoms with Gasteiger partial charge in [-0.25, -0.2) is 14.4 Å². The SMILES string of the molecule is CCCCN1CC(=O)N(C[C@@H]2NC(N)=[N+]3CC(NC(=O)c4cccc5c4OCCC5(C)C)C(O)(O)[C@@]34NC(N)=N[C@@H]24)C1=O. The van der Waals surface area contributed by atoms with Crippen molar-refractivity contribution in [1.82, 2.24) is 25.8 Å². The highest BCUT2D eigenvalue weighted by atomic mass is 16.5. The molecule has 43 heavy (non-hydrogen) atoms. The number of fused-ring (bicyclic) bond motifs is 1. The number of hydrogen-bond acceptors (Lipinski definition) is 11. The summed E-state index contributed by atoms with van der Waals surface area (Å²) in [7, 11) is 0. The molecule has 15 heteroatoms. The molecule has 15 nitrogen and oxygen atoms in total. The minimum atomic E-state index is -2.65. The van der Waals surface area contributed by atoms with E-state index in [4.69, 9.17) is 16.2 Å². The lowest BCUT2D eigenvalue weighted by molar-refractivity contribution is -0.623. The molecule has 4 atom stereocenters. The highest BCUT2D eigenvalue weighted by Crippen LogP contribution is 2.43. The van der Waals surface area contributed by atoms with Crippen molar-refractivity contribution in [3.63, 3.8) is 0 Å². The number of aliphatic hydroxyl groups is 2. The van der Waals surface area contributed by atoms with E-state index in [0.717, 1.165) is 29.7 Å². The molecule has 1 spiro atoms. The maximum Gasteiger partial charge on any atom is 0.346 e. The van der Waals surface area contributed by atoms with E-state index in [2.05, 4.69) is 34.8 Å². The van der Waals surface area contributed by atoms with Gasteiger partial charge in [-0.3, -0.25) is 25.5 Å². The molecule has 1 aromatic rings. The number of aliphatic imine (C=N–C) groups is 1. The molecular weight excluding hydrogens is 558 g/mol. The molecule has 1 aromatic carbocycles. The van der Waals surface area contributed by atoms with Gasteiger partial charge in [-0.2, -0.15) is 0 Å². The second-order valence-corrected chi connectivity index (χ2v) is 12.6. The highest BCUT2D eigenvalue weighted by molar-refractivity contribution is 6.02. The molecule has 5 heterocycles. The Kier molecular flexibility index (Phi) is 6.73. The molecule has 5 aliphatic heterocycles. The van der Waals surface area contributed by atoms with Crippen LogP contribution in [0.1, 0.15) is 56.0 Å². The monoisotopic (exact) mass is 598 g/mol. The third-order valence-corrected chi connectivity index (χ3v) is 9.42. The van der Waals surface area contributed by atoms with Gasteiger partial charge < -0.3 is 36.2 Å². The predicted molar refractivity (Wildman–Crippen MR) is 154 cm³/mol. The third-order valence-electron chi connectivity index (χ3n) is 9.42. The Labute approximate surface area is 248 Å². The minimum absolute atomic E-state index is 0.0293. The highest BCUT2D eigenvalue weighted by Gasteiger charge is 2.75. The number of rotatable bonds is 7. The number of hydrogen-bond donors (Lipinski definition) is 7. The van der Waals surface area contributed by atoms with Gasteiger partial charge in [0.2, 0.25) is 17.4 Å². The summed E-state index contributed by atoms with van der Waals surface area (Å²) in [6.45, 7) is 6.82. The molecule has 0 radical (unpaired) electrons. The lowest BCUT2D eigenvalue weighted by Crippen LogP contribution is -2.79. The normalized spacial score (nSPS) is 30.2. The number of imide groups is 1. The molecule has 232 valence electrons. The van der Waals surface area contributed by atoms with E-state index < -0.39 is 41.5 Å². The van der Waals surface area contributed by atoms with Crippen LogP contribution in [0.5, 0.6) is 5.75 Å². The van der Waals surface area contributed by atoms with E-state index in [-0.39, 0.29) is 48.4 Å². The van der Waals surface area contributed by atoms with Crippen molar-refractivity contribution in [2.75, 3.05) is 32.8 Å². The van der Waals surface area contributed by atoms with Crippen LogP contribution in [0.4, 0.5) is 4.79 Å². The number of nitrogens with two attached hydrogens (primary N) is 2. The lowest BCUT2D eigenvalue weighted by Gasteiger charge is -2.44. The van der Waals surface area contributed by atoms with Crippen molar-refractivity contribution in [3.8, 4) is 5.75 Å². The van der Waals surface area contributed by atoms with E-state index in [9.17, 15) is 24.6 Å². The summed E-state index contributed by atoms with van der Waals surface area (Å²) < 4.78 is 7.38. The van der Waals surface area contributed by atoms with Crippen molar-refractivity contribution in [1.29, 1.82) is 0 Å². The number of urea groups is 1. The second kappa shape index (κ2) is 9.98. The number of benzene rings is 1. The Morgan fingerprint density at radius 1 is 1.28 bits per heavy atom. The Morgan fingerprint density at radius 2 is 2.05 bits per heavy atom. The van der Waals surface area contributed by atoms with Crippen LogP contribution in [0.3, 0.4) is 0 Å². The molecule has 2 saturated heterocycles. The van der Waals surface area contributed by atoms with E-state index >= 15 is 0 Å². The smallest absolute Gasteiger partial charge is 0.346 e. The molecule has 2 fully saturated rings. The summed E-state index contributed by atoms with van der Waals surface area (Å²) in [4.78, 5) is 46.6. The molecule has 1 unspecified atom stereocenters. The van der Waals surface area contributed by atoms with Gasteiger partial charge >= 0.3 is 12.0 Å². The number of unbranched alkanes of at least 4 members (excludes halogenated alkanes) is 1. The van der Waals surface area contributed by atoms with E-state index in [0.29, 0.717) is 18.9 Å². The van der Waals surface area contributed by atoms with Gasteiger partial charge in [0.15, 0.2) is 5.96 Å². The summed E-state index contributed by atoms with van der Waals surface area (Å²) in [6, 6.07) is 1.85. The molecule has 5 aliphatic rings. The maximum atomic E-state index is 13.6. The Hall–Kier alpha value is -4.11. The molecule has 0 bridgehead atoms. The Balaban J connectivity index is 1.28. The standard InChI is InChI=1S/C28H39N9O6/c1-4-5-10-35-14-19(38)36(25(35)40)12-17-21-27(34-23(29)33-21)28(41,42)18(13-37(27)24(30)31-17)32-22(39)15-7-6-8-16-20(15)43-11-9-26(16,2)3/h6-8,17-18,21,41-42H,4-5,9-14H2,1-3H3,(H6,29,30,31,32,33,34,39)/p+1/t17-,18?,21-,27-/m0/s1. The van der Waals surface area contributed by atoms with Crippen LogP contribution < -0.4 is 32.2 Å². The summed E-state index contributed by atoms with van der Waals surface area (Å²) in [5.41, 5.74) is 11.7. The Morgan fingerprint density at radius 3 is 2.79 bits per heavy atom. The first kappa shape index (κ1) is 29.0. The summed E-state index contributed by atoms with van der Waals surface area (Å²) in [6.07, 6.45) is 2.43. The zero-order valence-corrected chi connectivity index (χ0v) is 24.6. The quantitative estimate of drug-likeness (QED) is 0.103. The number of guanidine groups is 2. The average Bonchev–Trinajstić information content (AvgIpc) is 3.52. The van der Waals surface area contributed by atoms with Gasteiger partial charge in [0, 0.05) is 12.1 Å². The number of carbonyl (C=O) groups excluding carboxylic acids is 3. The van der Waals surface area contributed by atoms with Crippen LogP contribution in [0.15, 0.2) is 23.2 Å². The van der Waals surface area contributed by atoms with Crippen LogP contribution in [0.25, 0.3) is 0 Å². The number of amides is 4. The fourth-order valence-corrected chi connectivity index (χ4v) is 6.98. The fraction of sp³-hybridized carbons (Fsp3) is 0.607. The van der Waals surface area contributed by atoms with Gasteiger partial charge in [0.25, 0.3) is 5.91 Å². The topological polar surface area (TPSA) is 211 Å². The second-order valence-electron chi connectivity index (χ2n) is 12.6. The maximum absolute atomic E-state index is 13.6. The summed E-state index contributed by atoms with van der Waals surface area (Å²) in [5, 5.41) is 32.4. The van der Waals surface area contributed by atoms with Crippen LogP contribution in [0.2, 0.25) is 0 Å². The zero-order chi connectivity index (χ0) is 30.9. The molecule has 0 aliphatic carbocycles. The molecule has 0 saturated carbocycles. The zero-order valence-electron chi connectivity index (χ0n) is 24.6. The minimum Gasteiger partial charge on any atom is -0.492 e. The van der Waals surface area contributed by atoms with Gasteiger partial charge in [0.1, 0.15) is 30.4 Å². The van der Waals surface area contributed by atoms with Crippen molar-refractivity contribution >= 4 is 29.8 Å². The first-order chi connectivity index (χ1) is 20.3. The van der Waals surface area contributed by atoms with Gasteiger partial charge in [-0.15, -0.1) is 0 Å². The molecule has 4 amide bonds. The Bertz CT molecular complexity index is 1440. The van der Waals surface area contributed by atoms with Crippen molar-refractivity contribution in [2.24, 2.45) is 16.5 Å². The first-order valence-electron chi connectivity index (χ1n) is 14.7. The largest absolute Gasteiger partial charge is 0.492 e. The molecular formula is C28H40N9O6+. The van der Waals surface area contributed by atoms with Crippen molar-refractivity contribution in [3.05, 3.63) is 29.3 Å². The van der Waals surface area contributed by atoms with Crippen LogP contribution in [-0.4, -0.2) is 117 Å². The van der Waals surface area contributed by atoms with Crippen LogP contribution in [0, 0.1) is 0 Å². The number of nitrogens with zero attached hydrogens (tertiary/aromatic N) is 4. The number of carbonyl (C=O) groups is 3. The van der Waals surface area contributed by atoms with E-state index in [1.807, 2.05) is 13.0 Å². The number of nitrogens with one attached hydrogen (secondary N) is 3. The third kappa shape index (κ3) is 4.27. The van der Waals surface area contributed by atoms with Crippen molar-refractivity contribution in [2.45, 2.75) is 75.0 Å². The fourth-order valence-electron chi connectivity index (χ4n) is 6.98. The number of ether oxygens (including phenoxy) is 1. The van der Waals surface area contributed by atoms with Crippen LogP contribution in [-0.2, 0) is 10.2 Å². The molecule has 0 aromatic heterocycles. The van der Waals surface area contributed by atoms with E-state index in [1.165, 1.54) is 9.48 Å². The van der Waals surface area contributed by atoms with Gasteiger partial charge in [-0.05, 0) is 24.3 Å². The number of para-hydroxylation sites is 1. The molecule has 9 N–H and O–H groups in total.